The van der Waals surface area contributed by atoms with Gasteiger partial charge in [-0.05, 0) is 56.4 Å². The summed E-state index contributed by atoms with van der Waals surface area (Å²) in [5.74, 6) is 1.90. The van der Waals surface area contributed by atoms with Crippen LogP contribution in [0.5, 0.6) is 0 Å². The van der Waals surface area contributed by atoms with Gasteiger partial charge in [-0.25, -0.2) is 0 Å². The van der Waals surface area contributed by atoms with Gasteiger partial charge in [0.05, 0.1) is 0 Å². The van der Waals surface area contributed by atoms with Gasteiger partial charge in [0.1, 0.15) is 0 Å². The summed E-state index contributed by atoms with van der Waals surface area (Å²) in [5, 5.41) is 3.73. The normalized spacial score (nSPS) is 34.8. The molecular formula is C16H31N. The third-order valence-electron chi connectivity index (χ3n) is 5.72. The van der Waals surface area contributed by atoms with E-state index in [-0.39, 0.29) is 0 Å². The van der Waals surface area contributed by atoms with E-state index < -0.39 is 0 Å². The second kappa shape index (κ2) is 5.73. The summed E-state index contributed by atoms with van der Waals surface area (Å²) in [5.41, 5.74) is 0.635. The van der Waals surface area contributed by atoms with Crippen molar-refractivity contribution in [2.45, 2.75) is 77.7 Å². The lowest BCUT2D eigenvalue weighted by atomic mass is 9.66. The van der Waals surface area contributed by atoms with Gasteiger partial charge in [0.15, 0.2) is 0 Å². The van der Waals surface area contributed by atoms with Gasteiger partial charge in [-0.15, -0.1) is 0 Å². The van der Waals surface area contributed by atoms with E-state index in [4.69, 9.17) is 0 Å². The molecule has 0 spiro atoms. The largest absolute Gasteiger partial charge is 0.316 e. The Balaban J connectivity index is 2.08. The zero-order valence-corrected chi connectivity index (χ0v) is 12.1. The van der Waals surface area contributed by atoms with Crippen molar-refractivity contribution in [2.75, 3.05) is 7.05 Å². The van der Waals surface area contributed by atoms with Gasteiger partial charge < -0.3 is 5.32 Å². The Morgan fingerprint density at radius 1 is 1.18 bits per heavy atom. The quantitative estimate of drug-likeness (QED) is 0.765. The first kappa shape index (κ1) is 13.4. The molecule has 0 amide bonds. The summed E-state index contributed by atoms with van der Waals surface area (Å²) >= 11 is 0. The first-order valence-electron chi connectivity index (χ1n) is 7.89. The number of nitrogens with one attached hydrogen (secondary N) is 1. The van der Waals surface area contributed by atoms with Crippen molar-refractivity contribution in [2.24, 2.45) is 17.3 Å². The van der Waals surface area contributed by atoms with E-state index in [1.807, 2.05) is 0 Å². The lowest BCUT2D eigenvalue weighted by Gasteiger charge is -2.44. The van der Waals surface area contributed by atoms with Crippen molar-refractivity contribution in [3.63, 3.8) is 0 Å². The number of rotatable bonds is 4. The molecule has 0 radical (unpaired) electrons. The zero-order chi connectivity index (χ0) is 12.3. The third-order valence-corrected chi connectivity index (χ3v) is 5.72. The smallest absolute Gasteiger partial charge is 0.0149 e. The molecule has 1 nitrogen and oxygen atoms in total. The minimum Gasteiger partial charge on any atom is -0.316 e. The van der Waals surface area contributed by atoms with Crippen LogP contribution in [-0.4, -0.2) is 13.1 Å². The Labute approximate surface area is 108 Å². The van der Waals surface area contributed by atoms with Crippen LogP contribution in [0.25, 0.3) is 0 Å². The average Bonchev–Trinajstić information content (AvgIpc) is 2.80. The Hall–Kier alpha value is -0.0400. The van der Waals surface area contributed by atoms with Gasteiger partial charge in [-0.2, -0.15) is 0 Å². The van der Waals surface area contributed by atoms with E-state index >= 15 is 0 Å². The van der Waals surface area contributed by atoms with Crippen LogP contribution in [0.3, 0.4) is 0 Å². The third kappa shape index (κ3) is 2.70. The minimum atomic E-state index is 0.635. The molecule has 3 atom stereocenters. The fourth-order valence-corrected chi connectivity index (χ4v) is 4.79. The lowest BCUT2D eigenvalue weighted by molar-refractivity contribution is 0.102. The summed E-state index contributed by atoms with van der Waals surface area (Å²) in [4.78, 5) is 0. The molecule has 17 heavy (non-hydrogen) atoms. The Morgan fingerprint density at radius 2 is 1.88 bits per heavy atom. The highest BCUT2D eigenvalue weighted by molar-refractivity contribution is 4.97. The molecule has 2 rings (SSSR count). The average molecular weight is 237 g/mol. The fourth-order valence-electron chi connectivity index (χ4n) is 4.79. The van der Waals surface area contributed by atoms with Crippen LogP contribution in [0.1, 0.15) is 71.6 Å². The second-order valence-corrected chi connectivity index (χ2v) is 6.72. The van der Waals surface area contributed by atoms with Crippen LogP contribution in [-0.2, 0) is 0 Å². The Kier molecular flexibility index (Phi) is 4.52. The fraction of sp³-hybridized carbons (Fsp3) is 1.00. The minimum absolute atomic E-state index is 0.635. The van der Waals surface area contributed by atoms with Crippen molar-refractivity contribution in [1.29, 1.82) is 0 Å². The Bertz CT molecular complexity index is 230. The van der Waals surface area contributed by atoms with Gasteiger partial charge in [-0.1, -0.05) is 39.5 Å². The van der Waals surface area contributed by atoms with E-state index in [2.05, 4.69) is 26.2 Å². The van der Waals surface area contributed by atoms with Crippen LogP contribution < -0.4 is 5.32 Å². The van der Waals surface area contributed by atoms with Crippen molar-refractivity contribution >= 4 is 0 Å². The molecule has 0 aliphatic heterocycles. The molecule has 2 saturated carbocycles. The van der Waals surface area contributed by atoms with E-state index in [0.717, 1.165) is 17.9 Å². The monoisotopic (exact) mass is 237 g/mol. The molecule has 1 heteroatoms. The van der Waals surface area contributed by atoms with Gasteiger partial charge in [0.25, 0.3) is 0 Å². The molecule has 0 heterocycles. The Morgan fingerprint density at radius 3 is 2.41 bits per heavy atom. The number of hydrogen-bond acceptors (Lipinski definition) is 1. The van der Waals surface area contributed by atoms with Crippen molar-refractivity contribution in [1.82, 2.24) is 5.32 Å². The van der Waals surface area contributed by atoms with E-state index in [1.54, 1.807) is 0 Å². The van der Waals surface area contributed by atoms with Crippen LogP contribution in [0.15, 0.2) is 0 Å². The first-order chi connectivity index (χ1) is 8.22. The summed E-state index contributed by atoms with van der Waals surface area (Å²) in [6, 6.07) is 0.790. The van der Waals surface area contributed by atoms with Crippen molar-refractivity contribution in [3.8, 4) is 0 Å². The van der Waals surface area contributed by atoms with Gasteiger partial charge in [0, 0.05) is 6.04 Å². The molecule has 100 valence electrons. The molecule has 0 aromatic carbocycles. The maximum atomic E-state index is 3.73. The number of hydrogen-bond donors (Lipinski definition) is 1. The molecule has 2 fully saturated rings. The topological polar surface area (TPSA) is 12.0 Å². The van der Waals surface area contributed by atoms with Gasteiger partial charge >= 0.3 is 0 Å². The maximum absolute atomic E-state index is 3.73. The summed E-state index contributed by atoms with van der Waals surface area (Å²) in [6.45, 7) is 4.87. The molecule has 0 aromatic rings. The van der Waals surface area contributed by atoms with Crippen LogP contribution in [0.4, 0.5) is 0 Å². The molecule has 2 aliphatic rings. The standard InChI is InChI=1S/C16H31N/c1-4-16(10-5-6-11-16)15(17-3)14-9-7-8-13(2)12-14/h13-15,17H,4-12H2,1-3H3. The second-order valence-electron chi connectivity index (χ2n) is 6.72. The molecule has 3 unspecified atom stereocenters. The highest BCUT2D eigenvalue weighted by Gasteiger charge is 2.43. The molecular weight excluding hydrogens is 206 g/mol. The summed E-state index contributed by atoms with van der Waals surface area (Å²) in [6.07, 6.45) is 13.1. The van der Waals surface area contributed by atoms with Crippen LogP contribution in [0.2, 0.25) is 0 Å². The first-order valence-corrected chi connectivity index (χ1v) is 7.89. The summed E-state index contributed by atoms with van der Waals surface area (Å²) < 4.78 is 0. The highest BCUT2D eigenvalue weighted by Crippen LogP contribution is 2.48. The van der Waals surface area contributed by atoms with E-state index in [1.165, 1.54) is 57.8 Å². The zero-order valence-electron chi connectivity index (χ0n) is 12.1. The molecule has 0 saturated heterocycles. The van der Waals surface area contributed by atoms with Crippen LogP contribution >= 0.6 is 0 Å². The molecule has 2 aliphatic carbocycles. The van der Waals surface area contributed by atoms with Crippen molar-refractivity contribution in [3.05, 3.63) is 0 Å². The molecule has 0 bridgehead atoms. The van der Waals surface area contributed by atoms with Gasteiger partial charge in [0.2, 0.25) is 0 Å². The lowest BCUT2D eigenvalue weighted by Crippen LogP contribution is -2.48. The maximum Gasteiger partial charge on any atom is 0.0149 e. The summed E-state index contributed by atoms with van der Waals surface area (Å²) in [7, 11) is 2.21. The van der Waals surface area contributed by atoms with Gasteiger partial charge in [-0.3, -0.25) is 0 Å². The van der Waals surface area contributed by atoms with E-state index in [0.29, 0.717) is 5.41 Å². The highest BCUT2D eigenvalue weighted by atomic mass is 14.9. The predicted molar refractivity (Wildman–Crippen MR) is 75.2 cm³/mol. The van der Waals surface area contributed by atoms with E-state index in [9.17, 15) is 0 Å². The molecule has 1 N–H and O–H groups in total. The van der Waals surface area contributed by atoms with Crippen LogP contribution in [0, 0.1) is 17.3 Å². The SMILES string of the molecule is CCC1(C(NC)C2CCCC(C)C2)CCCC1. The predicted octanol–water partition coefficient (Wildman–Crippen LogP) is 4.37. The van der Waals surface area contributed by atoms with Crippen molar-refractivity contribution < 1.29 is 0 Å². The molecule has 0 aromatic heterocycles.